The maximum absolute atomic E-state index is 12.7. The molecule has 2 aromatic carbocycles. The summed E-state index contributed by atoms with van der Waals surface area (Å²) >= 11 is 0. The van der Waals surface area contributed by atoms with Crippen LogP contribution in [-0.2, 0) is 17.8 Å². The topological polar surface area (TPSA) is 132 Å². The van der Waals surface area contributed by atoms with Crippen molar-refractivity contribution in [1.82, 2.24) is 21.2 Å². The molecule has 10 nitrogen and oxygen atoms in total. The Morgan fingerprint density at radius 1 is 1.03 bits per heavy atom. The molecule has 10 heteroatoms. The maximum atomic E-state index is 12.7. The van der Waals surface area contributed by atoms with Crippen LogP contribution in [0.4, 0.5) is 15.3 Å². The molecular formula is C25H35N5O5. The second kappa shape index (κ2) is 13.2. The number of nitrogens with one attached hydrogen (secondary N) is 4. The van der Waals surface area contributed by atoms with Crippen LogP contribution < -0.4 is 26.4 Å². The molecule has 0 aromatic heterocycles. The number of aliphatic carboxylic acids is 1. The van der Waals surface area contributed by atoms with Gasteiger partial charge in [-0.05, 0) is 56.5 Å². The summed E-state index contributed by atoms with van der Waals surface area (Å²) in [5.41, 5.74) is 11.4. The summed E-state index contributed by atoms with van der Waals surface area (Å²) in [7, 11) is 0. The summed E-state index contributed by atoms with van der Waals surface area (Å²) in [6.07, 6.45) is 0.805. The zero-order valence-electron chi connectivity index (χ0n) is 20.8. The third-order valence-corrected chi connectivity index (χ3v) is 5.11. The van der Waals surface area contributed by atoms with E-state index in [0.29, 0.717) is 5.69 Å². The van der Waals surface area contributed by atoms with Gasteiger partial charge in [-0.25, -0.2) is 14.5 Å². The van der Waals surface area contributed by atoms with Gasteiger partial charge in [0.15, 0.2) is 0 Å². The molecular weight excluding hydrogens is 450 g/mol. The summed E-state index contributed by atoms with van der Waals surface area (Å²) in [4.78, 5) is 37.6. The van der Waals surface area contributed by atoms with E-state index in [4.69, 9.17) is 4.74 Å². The van der Waals surface area contributed by atoms with Crippen LogP contribution in [0.3, 0.4) is 0 Å². The molecule has 190 valence electrons. The predicted molar refractivity (Wildman–Crippen MR) is 134 cm³/mol. The zero-order chi connectivity index (χ0) is 26.0. The second-order valence-corrected chi connectivity index (χ2v) is 8.52. The van der Waals surface area contributed by atoms with Crippen LogP contribution in [0.25, 0.3) is 0 Å². The SMILES string of the molecule is CCc1cc(NNNC(=O)N(C[C@H](C)C(=O)O)C(=O)NCc2ccc(C)cc2)ccc1OC(C)C. The number of anilines is 1. The van der Waals surface area contributed by atoms with Crippen molar-refractivity contribution in [3.63, 3.8) is 0 Å². The average Bonchev–Trinajstić information content (AvgIpc) is 2.82. The lowest BCUT2D eigenvalue weighted by molar-refractivity contribution is -0.141. The van der Waals surface area contributed by atoms with E-state index in [9.17, 15) is 19.5 Å². The first-order valence-electron chi connectivity index (χ1n) is 11.5. The van der Waals surface area contributed by atoms with Crippen LogP contribution in [0.5, 0.6) is 5.75 Å². The van der Waals surface area contributed by atoms with E-state index in [0.717, 1.165) is 33.8 Å². The number of carboxylic acids is 1. The molecule has 0 saturated heterocycles. The Kier molecular flexibility index (Phi) is 10.3. The number of urea groups is 2. The molecule has 0 bridgehead atoms. The fourth-order valence-electron chi connectivity index (χ4n) is 3.12. The van der Waals surface area contributed by atoms with Crippen LogP contribution in [0.2, 0.25) is 0 Å². The molecule has 2 aromatic rings. The fourth-order valence-corrected chi connectivity index (χ4v) is 3.12. The first kappa shape index (κ1) is 27.5. The lowest BCUT2D eigenvalue weighted by Crippen LogP contribution is -2.54. The quantitative estimate of drug-likeness (QED) is 0.306. The number of rotatable bonds is 11. The molecule has 35 heavy (non-hydrogen) atoms. The van der Waals surface area contributed by atoms with Crippen molar-refractivity contribution in [3.05, 3.63) is 59.2 Å². The number of aryl methyl sites for hydroxylation is 2. The smallest absolute Gasteiger partial charge is 0.341 e. The van der Waals surface area contributed by atoms with Gasteiger partial charge in [0.05, 0.1) is 17.7 Å². The van der Waals surface area contributed by atoms with E-state index < -0.39 is 23.9 Å². The van der Waals surface area contributed by atoms with Gasteiger partial charge >= 0.3 is 18.0 Å². The normalized spacial score (nSPS) is 11.5. The standard InChI is InChI=1S/C25H35N5O5/c1-6-20-13-21(11-12-22(20)35-16(2)3)27-29-28-25(34)30(15-18(5)23(31)32)24(33)26-14-19-9-7-17(4)8-10-19/h7-13,16,18,27,29H,6,14-15H2,1-5H3,(H,26,33)(H,28,34)(H,31,32)/t18-/m0/s1. The Hall–Kier alpha value is -3.79. The van der Waals surface area contributed by atoms with Gasteiger partial charge in [0, 0.05) is 13.1 Å². The molecule has 1 atom stereocenters. The Bertz CT molecular complexity index is 1010. The van der Waals surface area contributed by atoms with E-state index in [-0.39, 0.29) is 19.2 Å². The number of carboxylic acid groups (broad SMARTS) is 1. The molecule has 0 aliphatic carbocycles. The molecule has 5 N–H and O–H groups in total. The van der Waals surface area contributed by atoms with Gasteiger partial charge in [0.2, 0.25) is 0 Å². The van der Waals surface area contributed by atoms with Crippen LogP contribution in [-0.4, -0.2) is 40.7 Å². The van der Waals surface area contributed by atoms with Gasteiger partial charge in [0.25, 0.3) is 0 Å². The molecule has 0 fully saturated rings. The average molecular weight is 486 g/mol. The minimum atomic E-state index is -1.11. The number of nitrogens with zero attached hydrogens (tertiary/aromatic N) is 1. The highest BCUT2D eigenvalue weighted by atomic mass is 16.5. The minimum Gasteiger partial charge on any atom is -0.491 e. The molecule has 0 aliphatic rings. The van der Waals surface area contributed by atoms with Crippen molar-refractivity contribution >= 4 is 23.7 Å². The Morgan fingerprint density at radius 3 is 2.31 bits per heavy atom. The summed E-state index contributed by atoms with van der Waals surface area (Å²) < 4.78 is 5.79. The Morgan fingerprint density at radius 2 is 1.71 bits per heavy atom. The maximum Gasteiger partial charge on any atom is 0.341 e. The lowest BCUT2D eigenvalue weighted by Gasteiger charge is -2.24. The molecule has 0 saturated carbocycles. The van der Waals surface area contributed by atoms with E-state index in [1.807, 2.05) is 64.1 Å². The van der Waals surface area contributed by atoms with Gasteiger partial charge < -0.3 is 20.6 Å². The molecule has 0 unspecified atom stereocenters. The number of carbonyl (C=O) groups is 3. The van der Waals surface area contributed by atoms with Crippen molar-refractivity contribution < 1.29 is 24.2 Å². The number of amides is 4. The second-order valence-electron chi connectivity index (χ2n) is 8.52. The van der Waals surface area contributed by atoms with E-state index in [1.54, 1.807) is 6.07 Å². The zero-order valence-corrected chi connectivity index (χ0v) is 20.8. The van der Waals surface area contributed by atoms with Gasteiger partial charge in [-0.2, -0.15) is 0 Å². The summed E-state index contributed by atoms with van der Waals surface area (Å²) in [6, 6.07) is 11.6. The monoisotopic (exact) mass is 485 g/mol. The molecule has 0 aliphatic heterocycles. The summed E-state index contributed by atoms with van der Waals surface area (Å²) in [6.45, 7) is 9.20. The number of ether oxygens (including phenoxy) is 1. The van der Waals surface area contributed by atoms with Crippen molar-refractivity contribution in [3.8, 4) is 5.75 Å². The summed E-state index contributed by atoms with van der Waals surface area (Å²) in [5.74, 6) is -1.27. The van der Waals surface area contributed by atoms with Gasteiger partial charge in [-0.3, -0.25) is 10.2 Å². The highest BCUT2D eigenvalue weighted by Gasteiger charge is 2.26. The first-order valence-corrected chi connectivity index (χ1v) is 11.5. The number of hydrogen-bond acceptors (Lipinski definition) is 6. The third-order valence-electron chi connectivity index (χ3n) is 5.11. The molecule has 2 rings (SSSR count). The van der Waals surface area contributed by atoms with Gasteiger partial charge in [-0.15, -0.1) is 5.53 Å². The van der Waals surface area contributed by atoms with Gasteiger partial charge in [-0.1, -0.05) is 43.7 Å². The van der Waals surface area contributed by atoms with Crippen molar-refractivity contribution in [2.45, 2.75) is 53.7 Å². The van der Waals surface area contributed by atoms with E-state index in [2.05, 4.69) is 21.7 Å². The lowest BCUT2D eigenvalue weighted by atomic mass is 10.1. The Balaban J connectivity index is 2.00. The van der Waals surface area contributed by atoms with E-state index >= 15 is 0 Å². The molecule has 0 spiro atoms. The van der Waals surface area contributed by atoms with Crippen LogP contribution in [0, 0.1) is 12.8 Å². The highest BCUT2D eigenvalue weighted by molar-refractivity contribution is 5.93. The minimum absolute atomic E-state index is 0.0489. The summed E-state index contributed by atoms with van der Waals surface area (Å²) in [5, 5.41) is 11.9. The molecule has 0 heterocycles. The van der Waals surface area contributed by atoms with Crippen LogP contribution in [0.15, 0.2) is 42.5 Å². The fraction of sp³-hybridized carbons (Fsp3) is 0.400. The van der Waals surface area contributed by atoms with Crippen LogP contribution >= 0.6 is 0 Å². The van der Waals surface area contributed by atoms with Crippen molar-refractivity contribution in [2.75, 3.05) is 12.0 Å². The molecule has 4 amide bonds. The largest absolute Gasteiger partial charge is 0.491 e. The predicted octanol–water partition coefficient (Wildman–Crippen LogP) is 3.82. The van der Waals surface area contributed by atoms with Gasteiger partial charge in [0.1, 0.15) is 5.75 Å². The van der Waals surface area contributed by atoms with Crippen LogP contribution in [0.1, 0.15) is 44.4 Å². The number of imide groups is 1. The highest BCUT2D eigenvalue weighted by Crippen LogP contribution is 2.24. The molecule has 0 radical (unpaired) electrons. The van der Waals surface area contributed by atoms with Crippen molar-refractivity contribution in [1.29, 1.82) is 0 Å². The number of hydrogen-bond donors (Lipinski definition) is 5. The van der Waals surface area contributed by atoms with E-state index in [1.165, 1.54) is 6.92 Å². The first-order chi connectivity index (χ1) is 16.6. The Labute approximate surface area is 206 Å². The third kappa shape index (κ3) is 8.82. The number of benzene rings is 2. The van der Waals surface area contributed by atoms with Crippen molar-refractivity contribution in [2.24, 2.45) is 5.92 Å². The number of carbonyl (C=O) groups excluding carboxylic acids is 2. The number of hydrazine groups is 2.